The maximum Gasteiger partial charge on any atom is 0.0950 e. The van der Waals surface area contributed by atoms with Gasteiger partial charge in [-0.05, 0) is 13.0 Å². The van der Waals surface area contributed by atoms with E-state index >= 15 is 0 Å². The molecule has 1 aliphatic rings. The molecule has 0 spiro atoms. The predicted octanol–water partition coefficient (Wildman–Crippen LogP) is 2.62. The van der Waals surface area contributed by atoms with E-state index in [0.717, 1.165) is 35.0 Å². The van der Waals surface area contributed by atoms with Gasteiger partial charge in [0.15, 0.2) is 0 Å². The maximum absolute atomic E-state index is 5.87. The first-order chi connectivity index (χ1) is 9.28. The second kappa shape index (κ2) is 5.43. The van der Waals surface area contributed by atoms with Crippen molar-refractivity contribution in [2.24, 2.45) is 0 Å². The first-order valence-corrected chi connectivity index (χ1v) is 7.57. The Kier molecular flexibility index (Phi) is 3.66. The van der Waals surface area contributed by atoms with Gasteiger partial charge in [0.1, 0.15) is 0 Å². The fourth-order valence-corrected chi connectivity index (χ4v) is 2.93. The summed E-state index contributed by atoms with van der Waals surface area (Å²) in [7, 11) is 0. The third-order valence-electron chi connectivity index (χ3n) is 3.36. The van der Waals surface area contributed by atoms with E-state index in [1.807, 2.05) is 24.4 Å². The van der Waals surface area contributed by atoms with E-state index in [2.05, 4.69) is 44.0 Å². The molecule has 0 radical (unpaired) electrons. The van der Waals surface area contributed by atoms with Crippen molar-refractivity contribution in [3.63, 3.8) is 0 Å². The molecule has 1 aromatic heterocycles. The number of ether oxygens (including phenoxy) is 1. The highest BCUT2D eigenvalue weighted by Gasteiger charge is 2.25. The average Bonchev–Trinajstić information content (AvgIpc) is 2.46. The quantitative estimate of drug-likeness (QED) is 0.797. The Bertz CT molecular complexity index is 572. The number of aromatic nitrogens is 2. The van der Waals surface area contributed by atoms with Crippen LogP contribution in [0.1, 0.15) is 6.92 Å². The summed E-state index contributed by atoms with van der Waals surface area (Å²) >= 11 is 3.51. The van der Waals surface area contributed by atoms with Crippen molar-refractivity contribution in [2.75, 3.05) is 23.3 Å². The lowest BCUT2D eigenvalue weighted by Crippen LogP contribution is -2.47. The molecule has 3 rings (SSSR count). The number of hydrogen-bond acceptors (Lipinski definition) is 4. The van der Waals surface area contributed by atoms with Crippen LogP contribution in [0.3, 0.4) is 0 Å². The molecule has 1 aromatic carbocycles. The molecule has 2 unspecified atom stereocenters. The van der Waals surface area contributed by atoms with E-state index in [9.17, 15) is 0 Å². The molecule has 19 heavy (non-hydrogen) atoms. The number of rotatable bonds is 2. The van der Waals surface area contributed by atoms with E-state index in [1.165, 1.54) is 0 Å². The molecule has 0 amide bonds. The Hall–Kier alpha value is -1.20. The predicted molar refractivity (Wildman–Crippen MR) is 79.9 cm³/mol. The standard InChI is InChI=1S/C14H16BrN3O/c1-10-8-18(9-11(6-15)19-10)14-7-16-17-13-5-3-2-4-12(13)14/h2-5,7,10-11H,6,8-9H2,1H3. The van der Waals surface area contributed by atoms with Crippen LogP contribution in [0.15, 0.2) is 30.5 Å². The van der Waals surface area contributed by atoms with Crippen molar-refractivity contribution < 1.29 is 4.74 Å². The molecule has 100 valence electrons. The molecule has 0 N–H and O–H groups in total. The Labute approximate surface area is 120 Å². The summed E-state index contributed by atoms with van der Waals surface area (Å²) in [6.07, 6.45) is 2.30. The average molecular weight is 322 g/mol. The Morgan fingerprint density at radius 2 is 2.21 bits per heavy atom. The van der Waals surface area contributed by atoms with E-state index in [4.69, 9.17) is 4.74 Å². The van der Waals surface area contributed by atoms with Crippen LogP contribution in [-0.4, -0.2) is 40.8 Å². The molecule has 0 bridgehead atoms. The molecule has 1 aliphatic heterocycles. The zero-order valence-corrected chi connectivity index (χ0v) is 12.4. The highest BCUT2D eigenvalue weighted by molar-refractivity contribution is 9.09. The summed E-state index contributed by atoms with van der Waals surface area (Å²) in [5.41, 5.74) is 2.08. The van der Waals surface area contributed by atoms with E-state index in [-0.39, 0.29) is 12.2 Å². The number of halogens is 1. The summed E-state index contributed by atoms with van der Waals surface area (Å²) in [5.74, 6) is 0. The number of benzene rings is 1. The van der Waals surface area contributed by atoms with Crippen molar-refractivity contribution in [3.8, 4) is 0 Å². The van der Waals surface area contributed by atoms with E-state index in [0.29, 0.717) is 0 Å². The van der Waals surface area contributed by atoms with Crippen LogP contribution in [0.5, 0.6) is 0 Å². The van der Waals surface area contributed by atoms with Crippen LogP contribution in [0.25, 0.3) is 10.9 Å². The van der Waals surface area contributed by atoms with Crippen LogP contribution in [0, 0.1) is 0 Å². The molecule has 2 heterocycles. The number of hydrogen-bond donors (Lipinski definition) is 0. The second-order valence-corrected chi connectivity index (χ2v) is 5.52. The maximum atomic E-state index is 5.87. The van der Waals surface area contributed by atoms with Gasteiger partial charge in [0, 0.05) is 23.8 Å². The van der Waals surface area contributed by atoms with E-state index < -0.39 is 0 Å². The summed E-state index contributed by atoms with van der Waals surface area (Å²) in [6, 6.07) is 8.13. The largest absolute Gasteiger partial charge is 0.371 e. The third-order valence-corrected chi connectivity index (χ3v) is 4.09. The number of nitrogens with zero attached hydrogens (tertiary/aromatic N) is 3. The molecule has 2 atom stereocenters. The van der Waals surface area contributed by atoms with Gasteiger partial charge in [-0.25, -0.2) is 0 Å². The molecule has 2 aromatic rings. The normalized spacial score (nSPS) is 23.8. The molecule has 1 saturated heterocycles. The lowest BCUT2D eigenvalue weighted by atomic mass is 10.1. The van der Waals surface area contributed by atoms with Gasteiger partial charge in [0.2, 0.25) is 0 Å². The molecular formula is C14H16BrN3O. The van der Waals surface area contributed by atoms with Gasteiger partial charge in [-0.3, -0.25) is 0 Å². The van der Waals surface area contributed by atoms with Crippen molar-refractivity contribution in [1.82, 2.24) is 10.2 Å². The Morgan fingerprint density at radius 1 is 1.37 bits per heavy atom. The van der Waals surface area contributed by atoms with E-state index in [1.54, 1.807) is 0 Å². The fourth-order valence-electron chi connectivity index (χ4n) is 2.57. The van der Waals surface area contributed by atoms with Crippen LogP contribution < -0.4 is 4.90 Å². The lowest BCUT2D eigenvalue weighted by Gasteiger charge is -2.37. The monoisotopic (exact) mass is 321 g/mol. The second-order valence-electron chi connectivity index (χ2n) is 4.87. The van der Waals surface area contributed by atoms with Gasteiger partial charge >= 0.3 is 0 Å². The Balaban J connectivity index is 1.99. The Morgan fingerprint density at radius 3 is 3.05 bits per heavy atom. The lowest BCUT2D eigenvalue weighted by molar-refractivity contribution is -0.00192. The first-order valence-electron chi connectivity index (χ1n) is 6.44. The van der Waals surface area contributed by atoms with Gasteiger partial charge in [-0.1, -0.05) is 34.1 Å². The minimum absolute atomic E-state index is 0.218. The number of fused-ring (bicyclic) bond motifs is 1. The van der Waals surface area contributed by atoms with Crippen LogP contribution in [0.4, 0.5) is 5.69 Å². The summed E-state index contributed by atoms with van der Waals surface area (Å²) in [6.45, 7) is 3.88. The van der Waals surface area contributed by atoms with Crippen LogP contribution in [0.2, 0.25) is 0 Å². The smallest absolute Gasteiger partial charge is 0.0950 e. The molecule has 4 nitrogen and oxygen atoms in total. The van der Waals surface area contributed by atoms with Gasteiger partial charge < -0.3 is 9.64 Å². The molecule has 0 saturated carbocycles. The summed E-state index contributed by atoms with van der Waals surface area (Å²) in [4.78, 5) is 2.34. The zero-order chi connectivity index (χ0) is 13.2. The third kappa shape index (κ3) is 2.58. The van der Waals surface area contributed by atoms with Crippen molar-refractivity contribution in [2.45, 2.75) is 19.1 Å². The van der Waals surface area contributed by atoms with Crippen LogP contribution in [-0.2, 0) is 4.74 Å². The molecule has 5 heteroatoms. The van der Waals surface area contributed by atoms with Crippen molar-refractivity contribution in [1.29, 1.82) is 0 Å². The minimum atomic E-state index is 0.218. The number of morpholine rings is 1. The highest BCUT2D eigenvalue weighted by atomic mass is 79.9. The zero-order valence-electron chi connectivity index (χ0n) is 10.8. The van der Waals surface area contributed by atoms with Gasteiger partial charge in [0.25, 0.3) is 0 Å². The first kappa shape index (κ1) is 12.8. The SMILES string of the molecule is CC1CN(c2cnnc3ccccc23)CC(CBr)O1. The molecule has 1 fully saturated rings. The number of anilines is 1. The molecular weight excluding hydrogens is 306 g/mol. The fraction of sp³-hybridized carbons (Fsp3) is 0.429. The van der Waals surface area contributed by atoms with Gasteiger partial charge in [0.05, 0.1) is 29.6 Å². The van der Waals surface area contributed by atoms with Crippen molar-refractivity contribution >= 4 is 32.5 Å². The summed E-state index contributed by atoms with van der Waals surface area (Å²) in [5, 5.41) is 10.3. The topological polar surface area (TPSA) is 38.2 Å². The summed E-state index contributed by atoms with van der Waals surface area (Å²) < 4.78 is 5.87. The minimum Gasteiger partial charge on any atom is -0.371 e. The van der Waals surface area contributed by atoms with Gasteiger partial charge in [-0.15, -0.1) is 0 Å². The van der Waals surface area contributed by atoms with Gasteiger partial charge in [-0.2, -0.15) is 10.2 Å². The molecule has 0 aliphatic carbocycles. The van der Waals surface area contributed by atoms with Crippen molar-refractivity contribution in [3.05, 3.63) is 30.5 Å². The van der Waals surface area contributed by atoms with Crippen LogP contribution >= 0.6 is 15.9 Å². The highest BCUT2D eigenvalue weighted by Crippen LogP contribution is 2.27. The number of alkyl halides is 1.